The molecule has 3 aromatic rings. The highest BCUT2D eigenvalue weighted by Crippen LogP contribution is 2.24. The number of aromatic amines is 1. The molecule has 23 heavy (non-hydrogen) atoms. The van der Waals surface area contributed by atoms with Crippen LogP contribution in [-0.2, 0) is 0 Å². The first-order valence-corrected chi connectivity index (χ1v) is 8.03. The molecule has 1 aliphatic rings. The number of rotatable bonds is 4. The van der Waals surface area contributed by atoms with Crippen molar-refractivity contribution >= 4 is 28.5 Å². The molecule has 4 rings (SSSR count). The van der Waals surface area contributed by atoms with Gasteiger partial charge in [0.1, 0.15) is 11.5 Å². The quantitative estimate of drug-likeness (QED) is 0.596. The van der Waals surface area contributed by atoms with E-state index >= 15 is 0 Å². The maximum absolute atomic E-state index is 4.69. The lowest BCUT2D eigenvalue weighted by Crippen LogP contribution is -2.35. The maximum Gasteiger partial charge on any atom is 0.231 e. The van der Waals surface area contributed by atoms with E-state index in [1.54, 1.807) is 0 Å². The average Bonchev–Trinajstić information content (AvgIpc) is 3.05. The van der Waals surface area contributed by atoms with Gasteiger partial charge in [-0.05, 0) is 44.1 Å². The fourth-order valence-corrected chi connectivity index (χ4v) is 2.92. The highest BCUT2D eigenvalue weighted by atomic mass is 15.2. The summed E-state index contributed by atoms with van der Waals surface area (Å²) in [5.41, 5.74) is 1.82. The molecule has 0 radical (unpaired) electrons. The van der Waals surface area contributed by atoms with Crippen LogP contribution >= 0.6 is 0 Å². The van der Waals surface area contributed by atoms with E-state index in [-0.39, 0.29) is 0 Å². The van der Waals surface area contributed by atoms with E-state index in [1.165, 1.54) is 0 Å². The van der Waals surface area contributed by atoms with Gasteiger partial charge in [-0.15, -0.1) is 0 Å². The molecule has 0 bridgehead atoms. The minimum absolute atomic E-state index is 0.453. The number of piperidine rings is 1. The normalized spacial score (nSPS) is 15.7. The van der Waals surface area contributed by atoms with Crippen molar-refractivity contribution in [2.24, 2.45) is 0 Å². The number of nitrogens with one attached hydrogen (secondary N) is 4. The van der Waals surface area contributed by atoms with Crippen molar-refractivity contribution in [3.05, 3.63) is 42.6 Å². The van der Waals surface area contributed by atoms with E-state index in [9.17, 15) is 0 Å². The number of hydrogen-bond donors (Lipinski definition) is 4. The Kier molecular flexibility index (Phi) is 3.81. The monoisotopic (exact) mass is 308 g/mol. The van der Waals surface area contributed by atoms with E-state index in [4.69, 9.17) is 0 Å². The summed E-state index contributed by atoms with van der Waals surface area (Å²) in [5, 5.41) is 11.3. The molecule has 4 N–H and O–H groups in total. The highest BCUT2D eigenvalue weighted by molar-refractivity contribution is 5.88. The maximum atomic E-state index is 4.69. The molecule has 6 nitrogen and oxygen atoms in total. The molecule has 118 valence electrons. The largest absolute Gasteiger partial charge is 0.367 e. The topological polar surface area (TPSA) is 77.7 Å². The van der Waals surface area contributed by atoms with E-state index in [0.29, 0.717) is 12.0 Å². The number of hydrogen-bond acceptors (Lipinski definition) is 5. The number of fused-ring (bicyclic) bond motifs is 1. The van der Waals surface area contributed by atoms with Crippen LogP contribution in [0.3, 0.4) is 0 Å². The second kappa shape index (κ2) is 6.26. The molecule has 0 saturated carbocycles. The lowest BCUT2D eigenvalue weighted by Gasteiger charge is -2.24. The first-order valence-electron chi connectivity index (χ1n) is 8.03. The van der Waals surface area contributed by atoms with Gasteiger partial charge in [0.25, 0.3) is 0 Å². The summed E-state index contributed by atoms with van der Waals surface area (Å²) in [5.74, 6) is 1.49. The van der Waals surface area contributed by atoms with Gasteiger partial charge in [-0.25, -0.2) is 0 Å². The molecule has 3 heterocycles. The van der Waals surface area contributed by atoms with Crippen LogP contribution in [0, 0.1) is 0 Å². The molecule has 0 atom stereocenters. The lowest BCUT2D eigenvalue weighted by molar-refractivity contribution is 0.478. The molecule has 1 fully saturated rings. The zero-order valence-electron chi connectivity index (χ0n) is 12.8. The van der Waals surface area contributed by atoms with Crippen LogP contribution < -0.4 is 16.0 Å². The molecule has 0 aliphatic carbocycles. The van der Waals surface area contributed by atoms with E-state index in [0.717, 1.165) is 48.5 Å². The smallest absolute Gasteiger partial charge is 0.231 e. The van der Waals surface area contributed by atoms with Crippen molar-refractivity contribution in [3.63, 3.8) is 0 Å². The van der Waals surface area contributed by atoms with Crippen LogP contribution in [-0.4, -0.2) is 34.1 Å². The second-order valence-electron chi connectivity index (χ2n) is 5.80. The third-order valence-corrected chi connectivity index (χ3v) is 4.13. The van der Waals surface area contributed by atoms with Crippen molar-refractivity contribution < 1.29 is 0 Å². The predicted octanol–water partition coefficient (Wildman–Crippen LogP) is 2.87. The van der Waals surface area contributed by atoms with Gasteiger partial charge >= 0.3 is 0 Å². The Morgan fingerprint density at radius 3 is 2.65 bits per heavy atom. The highest BCUT2D eigenvalue weighted by Gasteiger charge is 2.16. The van der Waals surface area contributed by atoms with Gasteiger partial charge in [-0.2, -0.15) is 9.97 Å². The number of aromatic nitrogens is 3. The third-order valence-electron chi connectivity index (χ3n) is 4.13. The van der Waals surface area contributed by atoms with Crippen LogP contribution in [0.5, 0.6) is 0 Å². The molecule has 0 spiro atoms. The average molecular weight is 308 g/mol. The molecule has 1 saturated heterocycles. The number of para-hydroxylation sites is 1. The fraction of sp³-hybridized carbons (Fsp3) is 0.294. The molecular weight excluding hydrogens is 288 g/mol. The van der Waals surface area contributed by atoms with Gasteiger partial charge in [-0.1, -0.05) is 18.2 Å². The fourth-order valence-electron chi connectivity index (χ4n) is 2.92. The summed E-state index contributed by atoms with van der Waals surface area (Å²) >= 11 is 0. The van der Waals surface area contributed by atoms with Crippen LogP contribution in [0.15, 0.2) is 42.6 Å². The molecule has 1 aliphatic heterocycles. The van der Waals surface area contributed by atoms with Gasteiger partial charge in [-0.3, -0.25) is 0 Å². The van der Waals surface area contributed by atoms with Crippen LogP contribution in [0.4, 0.5) is 17.5 Å². The van der Waals surface area contributed by atoms with Crippen LogP contribution in [0.2, 0.25) is 0 Å². The van der Waals surface area contributed by atoms with Gasteiger partial charge in [0.05, 0.1) is 5.39 Å². The van der Waals surface area contributed by atoms with Crippen molar-refractivity contribution in [1.82, 2.24) is 20.3 Å². The van der Waals surface area contributed by atoms with Crippen molar-refractivity contribution in [2.45, 2.75) is 18.9 Å². The van der Waals surface area contributed by atoms with Gasteiger partial charge in [0.2, 0.25) is 5.95 Å². The van der Waals surface area contributed by atoms with Crippen molar-refractivity contribution in [1.29, 1.82) is 0 Å². The van der Waals surface area contributed by atoms with Crippen molar-refractivity contribution in [2.75, 3.05) is 23.7 Å². The Balaban J connectivity index is 1.64. The minimum atomic E-state index is 0.453. The van der Waals surface area contributed by atoms with E-state index in [2.05, 4.69) is 30.9 Å². The number of anilines is 3. The Morgan fingerprint density at radius 2 is 1.83 bits per heavy atom. The summed E-state index contributed by atoms with van der Waals surface area (Å²) < 4.78 is 0. The van der Waals surface area contributed by atoms with E-state index < -0.39 is 0 Å². The first-order chi connectivity index (χ1) is 11.4. The summed E-state index contributed by atoms with van der Waals surface area (Å²) in [6.07, 6.45) is 4.12. The van der Waals surface area contributed by atoms with E-state index in [1.807, 2.05) is 42.6 Å². The molecule has 2 aromatic heterocycles. The van der Waals surface area contributed by atoms with Crippen LogP contribution in [0.1, 0.15) is 12.8 Å². The summed E-state index contributed by atoms with van der Waals surface area (Å²) in [4.78, 5) is 12.4. The molecule has 1 aromatic carbocycles. The SMILES string of the molecule is c1ccc(Nc2nc(NC3CCNCC3)c3cc[nH]c3n2)cc1. The predicted molar refractivity (Wildman–Crippen MR) is 93.1 cm³/mol. The zero-order chi connectivity index (χ0) is 15.5. The third kappa shape index (κ3) is 3.12. The Labute approximate surface area is 134 Å². The second-order valence-corrected chi connectivity index (χ2v) is 5.80. The molecule has 0 amide bonds. The van der Waals surface area contributed by atoms with Crippen molar-refractivity contribution in [3.8, 4) is 0 Å². The molecular formula is C17H20N6. The lowest BCUT2D eigenvalue weighted by atomic mass is 10.1. The summed E-state index contributed by atoms with van der Waals surface area (Å²) in [7, 11) is 0. The zero-order valence-corrected chi connectivity index (χ0v) is 12.8. The summed E-state index contributed by atoms with van der Waals surface area (Å²) in [6, 6.07) is 12.4. The number of benzene rings is 1. The molecule has 0 unspecified atom stereocenters. The number of nitrogens with zero attached hydrogens (tertiary/aromatic N) is 2. The summed E-state index contributed by atoms with van der Waals surface area (Å²) in [6.45, 7) is 2.10. The standard InChI is InChI=1S/C17H20N6/c1-2-4-12(5-3-1)21-17-22-15-14(8-11-19-15)16(23-17)20-13-6-9-18-10-7-13/h1-5,8,11,13,18H,6-7,9-10H2,(H3,19,20,21,22,23). The van der Waals surface area contributed by atoms with Gasteiger partial charge in [0.15, 0.2) is 0 Å². The van der Waals surface area contributed by atoms with Crippen LogP contribution in [0.25, 0.3) is 11.0 Å². The minimum Gasteiger partial charge on any atom is -0.367 e. The molecule has 6 heteroatoms. The Bertz CT molecular complexity index is 776. The van der Waals surface area contributed by atoms with Gasteiger partial charge in [0, 0.05) is 17.9 Å². The number of H-pyrrole nitrogens is 1. The Morgan fingerprint density at radius 1 is 1.00 bits per heavy atom. The Hall–Kier alpha value is -2.60. The van der Waals surface area contributed by atoms with Gasteiger partial charge < -0.3 is 20.9 Å². The first kappa shape index (κ1) is 14.0.